The lowest BCUT2D eigenvalue weighted by molar-refractivity contribution is -0.152. The molecule has 0 amide bonds. The molecule has 0 spiro atoms. The van der Waals surface area contributed by atoms with Crippen LogP contribution in [0.3, 0.4) is 0 Å². The number of hydrogen-bond donors (Lipinski definition) is 0. The lowest BCUT2D eigenvalue weighted by Gasteiger charge is -2.41. The summed E-state index contributed by atoms with van der Waals surface area (Å²) < 4.78 is 23.0. The molecule has 0 heterocycles. The van der Waals surface area contributed by atoms with E-state index in [2.05, 4.69) is 43.1 Å². The van der Waals surface area contributed by atoms with Gasteiger partial charge in [0.15, 0.2) is 5.60 Å². The zero-order chi connectivity index (χ0) is 51.3. The van der Waals surface area contributed by atoms with Gasteiger partial charge in [-0.05, 0) is 184 Å². The molecule has 0 N–H and O–H groups in total. The number of hydrogen-bond acceptors (Lipinski definition) is 8. The zero-order valence-corrected chi connectivity index (χ0v) is 43.1. The molecule has 4 aromatic carbocycles. The molecule has 73 heavy (non-hydrogen) atoms. The average molecular weight is 983 g/mol. The first-order valence-electron chi connectivity index (χ1n) is 27.3. The van der Waals surface area contributed by atoms with Crippen molar-refractivity contribution < 1.29 is 38.1 Å². The second-order valence-corrected chi connectivity index (χ2v) is 20.7. The van der Waals surface area contributed by atoms with Crippen LogP contribution in [-0.2, 0) is 28.6 Å². The number of fused-ring (bicyclic) bond motifs is 1. The molecule has 3 aliphatic rings. The van der Waals surface area contributed by atoms with Gasteiger partial charge < -0.3 is 18.9 Å². The molecule has 3 aliphatic carbocycles. The average Bonchev–Trinajstić information content (AvgIpc) is 3.43. The Hall–Kier alpha value is -6.56. The van der Waals surface area contributed by atoms with Gasteiger partial charge in [-0.15, -0.1) is 6.42 Å². The minimum absolute atomic E-state index is 0.182. The summed E-state index contributed by atoms with van der Waals surface area (Å²) in [5, 5.41) is 1.67. The number of ether oxygens (including phenoxy) is 4. The Kier molecular flexibility index (Phi) is 20.8. The third-order valence-electron chi connectivity index (χ3n) is 15.5. The van der Waals surface area contributed by atoms with Gasteiger partial charge in [-0.25, -0.2) is 9.59 Å². The van der Waals surface area contributed by atoms with Crippen LogP contribution in [0.15, 0.2) is 97.6 Å². The highest BCUT2D eigenvalue weighted by atomic mass is 16.6. The predicted molar refractivity (Wildman–Crippen MR) is 288 cm³/mol. The topological polar surface area (TPSA) is 105 Å². The van der Waals surface area contributed by atoms with Gasteiger partial charge in [0.1, 0.15) is 5.75 Å². The minimum Gasteiger partial charge on any atom is -0.465 e. The number of carbonyl (C=O) groups excluding carboxylic acids is 4. The lowest BCUT2D eigenvalue weighted by Crippen LogP contribution is -2.39. The fourth-order valence-electron chi connectivity index (χ4n) is 10.9. The first-order chi connectivity index (χ1) is 35.6. The predicted octanol–water partition coefficient (Wildman–Crippen LogP) is 14.1. The van der Waals surface area contributed by atoms with Crippen molar-refractivity contribution >= 4 is 34.6 Å². The van der Waals surface area contributed by atoms with Crippen molar-refractivity contribution in [2.75, 3.05) is 13.2 Å². The monoisotopic (exact) mass is 983 g/mol. The molecule has 0 unspecified atom stereocenters. The Morgan fingerprint density at radius 1 is 0.603 bits per heavy atom. The van der Waals surface area contributed by atoms with Crippen LogP contribution in [0.25, 0.3) is 10.8 Å². The molecule has 0 atom stereocenters. The lowest BCUT2D eigenvalue weighted by atomic mass is 9.67. The highest BCUT2D eigenvalue weighted by molar-refractivity contribution is 5.96. The molecule has 3 fully saturated rings. The summed E-state index contributed by atoms with van der Waals surface area (Å²) in [5.41, 5.74) is 2.97. The second-order valence-electron chi connectivity index (χ2n) is 20.7. The second kappa shape index (κ2) is 28.0. The van der Waals surface area contributed by atoms with Crippen molar-refractivity contribution in [3.8, 4) is 41.8 Å². The van der Waals surface area contributed by atoms with Crippen molar-refractivity contribution in [3.05, 3.63) is 125 Å². The maximum Gasteiger partial charge on any atom is 0.339 e. The van der Waals surface area contributed by atoms with Crippen LogP contribution < -0.4 is 4.74 Å². The first-order valence-corrected chi connectivity index (χ1v) is 27.3. The summed E-state index contributed by atoms with van der Waals surface area (Å²) in [7, 11) is 0. The number of rotatable bonds is 20. The van der Waals surface area contributed by atoms with Crippen molar-refractivity contribution in [3.63, 3.8) is 0 Å². The molecule has 382 valence electrons. The van der Waals surface area contributed by atoms with Gasteiger partial charge in [-0.3, -0.25) is 9.59 Å². The van der Waals surface area contributed by atoms with E-state index in [1.807, 2.05) is 72.8 Å². The van der Waals surface area contributed by atoms with E-state index in [1.165, 1.54) is 57.4 Å². The maximum absolute atomic E-state index is 14.1. The van der Waals surface area contributed by atoms with E-state index in [0.29, 0.717) is 69.0 Å². The van der Waals surface area contributed by atoms with E-state index in [1.54, 1.807) is 12.1 Å². The number of carbonyl (C=O) groups is 4. The molecule has 0 aliphatic heterocycles. The van der Waals surface area contributed by atoms with Crippen LogP contribution in [0.1, 0.15) is 181 Å². The van der Waals surface area contributed by atoms with Crippen LogP contribution in [-0.4, -0.2) is 42.7 Å². The van der Waals surface area contributed by atoms with Gasteiger partial charge in [0, 0.05) is 28.3 Å². The molecular formula is C65H74O8. The van der Waals surface area contributed by atoms with Crippen LogP contribution in [0, 0.1) is 65.6 Å². The standard InChI is InChI=1S/C65H74O8/c1-4-7-12-15-49-26-28-53(29-27-49)54-39-42-65(43-40-54,41-38-52-24-22-51(23-25-52)21-20-50-18-16-48(5-2)17-19-50)73-64(69)59-35-34-58-47-60(37-36-57(58)46-59)72-63(68)56-32-30-55(31-33-56)62(67)71-45-14-11-9-8-10-13-44-70-61(66)6-3/h2,6,16-19,22-25,34-37,46-47,49,53-56H,3-4,7-15,26-33,39-40,42-45H2,1H3. The Labute approximate surface area is 434 Å². The third-order valence-corrected chi connectivity index (χ3v) is 15.5. The molecule has 0 bridgehead atoms. The molecule has 0 aromatic heterocycles. The van der Waals surface area contributed by atoms with Gasteiger partial charge >= 0.3 is 23.9 Å². The van der Waals surface area contributed by atoms with E-state index >= 15 is 0 Å². The molecule has 0 radical (unpaired) electrons. The van der Waals surface area contributed by atoms with Crippen LogP contribution in [0.5, 0.6) is 5.75 Å². The summed E-state index contributed by atoms with van der Waals surface area (Å²) in [6.45, 7) is 6.48. The van der Waals surface area contributed by atoms with E-state index in [-0.39, 0.29) is 29.7 Å². The van der Waals surface area contributed by atoms with Crippen LogP contribution in [0.4, 0.5) is 0 Å². The Bertz CT molecular complexity index is 2640. The summed E-state index contributed by atoms with van der Waals surface area (Å²) in [6, 6.07) is 26.5. The fraction of sp³-hybridized carbons (Fsp3) is 0.477. The van der Waals surface area contributed by atoms with Gasteiger partial charge in [-0.1, -0.05) is 114 Å². The molecular weight excluding hydrogens is 909 g/mol. The van der Waals surface area contributed by atoms with Crippen molar-refractivity contribution in [1.29, 1.82) is 0 Å². The molecule has 8 nitrogen and oxygen atoms in total. The summed E-state index contributed by atoms with van der Waals surface area (Å²) in [5.74, 6) is 16.8. The highest BCUT2D eigenvalue weighted by Gasteiger charge is 2.41. The van der Waals surface area contributed by atoms with Crippen molar-refractivity contribution in [1.82, 2.24) is 0 Å². The third kappa shape index (κ3) is 16.7. The molecule has 0 saturated heterocycles. The smallest absolute Gasteiger partial charge is 0.339 e. The highest BCUT2D eigenvalue weighted by Crippen LogP contribution is 2.45. The largest absolute Gasteiger partial charge is 0.465 e. The maximum atomic E-state index is 14.1. The number of esters is 4. The number of unbranched alkanes of at least 4 members (excludes halogenated alkanes) is 7. The quantitative estimate of drug-likeness (QED) is 0.0215. The molecule has 4 aromatic rings. The van der Waals surface area contributed by atoms with E-state index < -0.39 is 11.6 Å². The van der Waals surface area contributed by atoms with Gasteiger partial charge in [-0.2, -0.15) is 0 Å². The first kappa shape index (κ1) is 54.2. The van der Waals surface area contributed by atoms with Gasteiger partial charge in [0.2, 0.25) is 0 Å². The normalized spacial score (nSPS) is 21.5. The fourth-order valence-corrected chi connectivity index (χ4v) is 10.9. The van der Waals surface area contributed by atoms with Crippen molar-refractivity contribution in [2.45, 2.75) is 154 Å². The molecule has 3 saturated carbocycles. The number of terminal acetylenes is 1. The van der Waals surface area contributed by atoms with E-state index in [9.17, 15) is 19.2 Å². The van der Waals surface area contributed by atoms with Gasteiger partial charge in [0.25, 0.3) is 0 Å². The Morgan fingerprint density at radius 3 is 1.77 bits per heavy atom. The van der Waals surface area contributed by atoms with Crippen molar-refractivity contribution in [2.24, 2.45) is 29.6 Å². The van der Waals surface area contributed by atoms with Gasteiger partial charge in [0.05, 0.1) is 30.6 Å². The van der Waals surface area contributed by atoms with Crippen LogP contribution >= 0.6 is 0 Å². The number of benzene rings is 4. The van der Waals surface area contributed by atoms with E-state index in [4.69, 9.17) is 25.4 Å². The Morgan fingerprint density at radius 2 is 1.15 bits per heavy atom. The Balaban J connectivity index is 0.912. The summed E-state index contributed by atoms with van der Waals surface area (Å²) >= 11 is 0. The summed E-state index contributed by atoms with van der Waals surface area (Å²) in [6.07, 6.45) is 28.6. The molecule has 8 heteroatoms. The van der Waals surface area contributed by atoms with E-state index in [0.717, 1.165) is 96.2 Å². The van der Waals surface area contributed by atoms with Crippen LogP contribution in [0.2, 0.25) is 0 Å². The SMILES string of the molecule is C#Cc1ccc(C#Cc2ccc(C#CC3(OC(=O)c4ccc5cc(OC(=O)C6CCC(C(=O)OCCCCCCCCOC(=O)C=C)CC6)ccc5c4)CCC(C4CCC(CCCCC)CC4)CC3)cc2)cc1. The molecule has 7 rings (SSSR count). The zero-order valence-electron chi connectivity index (χ0n) is 43.1. The minimum atomic E-state index is -0.908. The summed E-state index contributed by atoms with van der Waals surface area (Å²) in [4.78, 5) is 51.4.